The van der Waals surface area contributed by atoms with Crippen LogP contribution in [0.15, 0.2) is 48.5 Å². The van der Waals surface area contributed by atoms with Crippen LogP contribution < -0.4 is 9.47 Å². The predicted octanol–water partition coefficient (Wildman–Crippen LogP) is 6.55. The Labute approximate surface area is 233 Å². The average Bonchev–Trinajstić information content (AvgIpc) is 2.91. The molecule has 0 aliphatic heterocycles. The lowest BCUT2D eigenvalue weighted by molar-refractivity contribution is -0.278. The van der Waals surface area contributed by atoms with Gasteiger partial charge < -0.3 is 23.7 Å². The van der Waals surface area contributed by atoms with E-state index in [-0.39, 0.29) is 12.8 Å². The fourth-order valence-electron chi connectivity index (χ4n) is 4.58. The van der Waals surface area contributed by atoms with Gasteiger partial charge in [-0.1, -0.05) is 56.2 Å². The molecule has 10 heteroatoms. The monoisotopic (exact) mass is 568 g/mol. The number of hydrogen-bond donors (Lipinski definition) is 0. The first kappa shape index (κ1) is 32.9. The number of carbonyl (C=O) groups is 2. The van der Waals surface area contributed by atoms with Crippen LogP contribution in [0.3, 0.4) is 0 Å². The second kappa shape index (κ2) is 15.5. The van der Waals surface area contributed by atoms with E-state index in [9.17, 15) is 22.8 Å². The van der Waals surface area contributed by atoms with Crippen LogP contribution in [0, 0.1) is 0 Å². The van der Waals surface area contributed by atoms with E-state index in [0.29, 0.717) is 24.3 Å². The van der Waals surface area contributed by atoms with Crippen LogP contribution in [-0.2, 0) is 35.8 Å². The molecule has 0 aliphatic rings. The normalized spacial score (nSPS) is 14.5. The number of methoxy groups -OCH3 is 3. The standard InChI is InChI=1S/C30H39F3O7/c1-6-7-9-14-24(39-21(2)34)20-25(17-15-22-16-18-26(36-3)27(19-22)37-4)40-28(35)29(38-5,30(31,32)33)23-12-10-8-11-13-23/h8,10-13,16,18-19,24-25H,6-7,9,14-15,17,20H2,1-5H3/t24-,25-,29+/m0/s1. The number of hydrogen-bond acceptors (Lipinski definition) is 7. The Hall–Kier alpha value is -3.27. The van der Waals surface area contributed by atoms with Gasteiger partial charge in [0.05, 0.1) is 14.2 Å². The van der Waals surface area contributed by atoms with Gasteiger partial charge in [-0.3, -0.25) is 4.79 Å². The van der Waals surface area contributed by atoms with Crippen LogP contribution in [0.2, 0.25) is 0 Å². The number of aryl methyl sites for hydroxylation is 1. The van der Waals surface area contributed by atoms with Crippen LogP contribution >= 0.6 is 0 Å². The lowest BCUT2D eigenvalue weighted by atomic mass is 9.92. The smallest absolute Gasteiger partial charge is 0.432 e. The summed E-state index contributed by atoms with van der Waals surface area (Å²) in [4.78, 5) is 25.2. The van der Waals surface area contributed by atoms with Gasteiger partial charge in [-0.05, 0) is 43.4 Å². The van der Waals surface area contributed by atoms with Gasteiger partial charge in [0.25, 0.3) is 5.60 Å². The maximum atomic E-state index is 14.5. The van der Waals surface area contributed by atoms with Crippen LogP contribution in [0.1, 0.15) is 63.5 Å². The second-order valence-corrected chi connectivity index (χ2v) is 9.47. The largest absolute Gasteiger partial charge is 0.493 e. The van der Waals surface area contributed by atoms with E-state index in [1.807, 2.05) is 6.92 Å². The number of unbranched alkanes of at least 4 members (excludes halogenated alkanes) is 2. The molecule has 0 amide bonds. The minimum atomic E-state index is -5.11. The summed E-state index contributed by atoms with van der Waals surface area (Å²) in [5.74, 6) is -1.08. The molecule has 0 unspecified atom stereocenters. The maximum absolute atomic E-state index is 14.5. The second-order valence-electron chi connectivity index (χ2n) is 9.47. The van der Waals surface area contributed by atoms with Crippen molar-refractivity contribution in [3.05, 3.63) is 59.7 Å². The first-order chi connectivity index (χ1) is 19.0. The molecular formula is C30H39F3O7. The van der Waals surface area contributed by atoms with Crippen molar-refractivity contribution in [2.45, 2.75) is 82.8 Å². The van der Waals surface area contributed by atoms with Gasteiger partial charge in [0, 0.05) is 26.0 Å². The molecule has 0 aliphatic carbocycles. The summed E-state index contributed by atoms with van der Waals surface area (Å²) in [7, 11) is 3.83. The lowest BCUT2D eigenvalue weighted by Gasteiger charge is -2.34. The van der Waals surface area contributed by atoms with E-state index < -0.39 is 41.5 Å². The van der Waals surface area contributed by atoms with E-state index >= 15 is 0 Å². The van der Waals surface area contributed by atoms with Gasteiger partial charge in [-0.25, -0.2) is 4.79 Å². The zero-order chi connectivity index (χ0) is 29.8. The molecule has 2 aromatic rings. The SMILES string of the molecule is CCCCC[C@@H](C[C@H](CCc1ccc(OC)c(OC)c1)OC(=O)[C@](OC)(c1ccccc1)C(F)(F)F)OC(C)=O. The predicted molar refractivity (Wildman–Crippen MR) is 143 cm³/mol. The third-order valence-corrected chi connectivity index (χ3v) is 6.64. The number of ether oxygens (including phenoxy) is 5. The Morgan fingerprint density at radius 1 is 0.850 bits per heavy atom. The maximum Gasteiger partial charge on any atom is 0.432 e. The summed E-state index contributed by atoms with van der Waals surface area (Å²) in [6.07, 6.45) is -3.13. The summed E-state index contributed by atoms with van der Waals surface area (Å²) in [6, 6.07) is 11.9. The highest BCUT2D eigenvalue weighted by molar-refractivity contribution is 5.82. The van der Waals surface area contributed by atoms with Crippen molar-refractivity contribution in [1.82, 2.24) is 0 Å². The first-order valence-electron chi connectivity index (χ1n) is 13.3. The van der Waals surface area contributed by atoms with Crippen molar-refractivity contribution in [2.24, 2.45) is 0 Å². The molecule has 0 bridgehead atoms. The Balaban J connectivity index is 2.40. The molecule has 0 spiro atoms. The fraction of sp³-hybridized carbons (Fsp3) is 0.533. The minimum Gasteiger partial charge on any atom is -0.493 e. The molecule has 40 heavy (non-hydrogen) atoms. The van der Waals surface area contributed by atoms with Crippen molar-refractivity contribution in [1.29, 1.82) is 0 Å². The molecule has 2 rings (SSSR count). The summed E-state index contributed by atoms with van der Waals surface area (Å²) in [5, 5.41) is 0. The van der Waals surface area contributed by atoms with Crippen LogP contribution in [0.25, 0.3) is 0 Å². The van der Waals surface area contributed by atoms with Gasteiger partial charge in [0.1, 0.15) is 12.2 Å². The van der Waals surface area contributed by atoms with Crippen molar-refractivity contribution in [3.8, 4) is 11.5 Å². The fourth-order valence-corrected chi connectivity index (χ4v) is 4.58. The highest BCUT2D eigenvalue weighted by Crippen LogP contribution is 2.43. The molecule has 0 saturated heterocycles. The van der Waals surface area contributed by atoms with Gasteiger partial charge in [0.2, 0.25) is 0 Å². The molecule has 0 radical (unpaired) electrons. The number of halogens is 3. The topological polar surface area (TPSA) is 80.3 Å². The highest BCUT2D eigenvalue weighted by atomic mass is 19.4. The molecule has 3 atom stereocenters. The molecular weight excluding hydrogens is 529 g/mol. The average molecular weight is 569 g/mol. The van der Waals surface area contributed by atoms with Gasteiger partial charge in [-0.15, -0.1) is 0 Å². The van der Waals surface area contributed by atoms with E-state index in [2.05, 4.69) is 0 Å². The Bertz CT molecular complexity index is 1070. The zero-order valence-electron chi connectivity index (χ0n) is 23.7. The quantitative estimate of drug-likeness (QED) is 0.168. The molecule has 222 valence electrons. The number of carbonyl (C=O) groups excluding carboxylic acids is 2. The van der Waals surface area contributed by atoms with Crippen molar-refractivity contribution >= 4 is 11.9 Å². The third-order valence-electron chi connectivity index (χ3n) is 6.64. The van der Waals surface area contributed by atoms with Gasteiger partial charge in [-0.2, -0.15) is 13.2 Å². The Kier molecular flexibility index (Phi) is 12.8. The number of rotatable bonds is 16. The summed E-state index contributed by atoms with van der Waals surface area (Å²) in [6.45, 7) is 3.30. The molecule has 0 aromatic heterocycles. The van der Waals surface area contributed by atoms with Crippen LogP contribution in [0.4, 0.5) is 13.2 Å². The molecule has 2 aromatic carbocycles. The summed E-state index contributed by atoms with van der Waals surface area (Å²) >= 11 is 0. The Morgan fingerprint density at radius 3 is 2.05 bits per heavy atom. The van der Waals surface area contributed by atoms with Crippen LogP contribution in [0.5, 0.6) is 11.5 Å². The number of benzene rings is 2. The molecule has 0 fully saturated rings. The zero-order valence-corrected chi connectivity index (χ0v) is 23.7. The van der Waals surface area contributed by atoms with E-state index in [4.69, 9.17) is 23.7 Å². The lowest BCUT2D eigenvalue weighted by Crippen LogP contribution is -2.52. The minimum absolute atomic E-state index is 0.0365. The Morgan fingerprint density at radius 2 is 1.50 bits per heavy atom. The van der Waals surface area contributed by atoms with Crippen molar-refractivity contribution < 1.29 is 46.4 Å². The number of esters is 2. The number of alkyl halides is 3. The van der Waals surface area contributed by atoms with E-state index in [1.54, 1.807) is 18.2 Å². The van der Waals surface area contributed by atoms with Gasteiger partial charge in [0.15, 0.2) is 11.5 Å². The van der Waals surface area contributed by atoms with E-state index in [1.165, 1.54) is 51.5 Å². The highest BCUT2D eigenvalue weighted by Gasteiger charge is 2.64. The molecule has 0 saturated carbocycles. The summed E-state index contributed by atoms with van der Waals surface area (Å²) in [5.41, 5.74) is -2.92. The molecule has 7 nitrogen and oxygen atoms in total. The van der Waals surface area contributed by atoms with Crippen molar-refractivity contribution in [2.75, 3.05) is 21.3 Å². The first-order valence-corrected chi connectivity index (χ1v) is 13.3. The molecule has 0 N–H and O–H groups in total. The summed E-state index contributed by atoms with van der Waals surface area (Å²) < 4.78 is 70.0. The third kappa shape index (κ3) is 8.61. The van der Waals surface area contributed by atoms with E-state index in [0.717, 1.165) is 31.9 Å². The van der Waals surface area contributed by atoms with Crippen LogP contribution in [-0.4, -0.2) is 51.7 Å². The van der Waals surface area contributed by atoms with Gasteiger partial charge >= 0.3 is 18.1 Å². The molecule has 0 heterocycles. The van der Waals surface area contributed by atoms with Crippen molar-refractivity contribution in [3.63, 3.8) is 0 Å².